The van der Waals surface area contributed by atoms with Gasteiger partial charge in [-0.2, -0.15) is 0 Å². The standard InChI is InChI=1S/C12H22N2O2/c1-12(8-16-7-10(12)13)11(15)14-6-2-3-9-4-5-9/h9-10H,2-8,13H2,1H3,(H,14,15). The number of rotatable bonds is 5. The Kier molecular flexibility index (Phi) is 3.50. The molecule has 92 valence electrons. The molecule has 3 N–H and O–H groups in total. The lowest BCUT2D eigenvalue weighted by Gasteiger charge is -2.25. The molecule has 2 fully saturated rings. The maximum Gasteiger partial charge on any atom is 0.229 e. The predicted octanol–water partition coefficient (Wildman–Crippen LogP) is 0.657. The minimum atomic E-state index is -0.528. The quantitative estimate of drug-likeness (QED) is 0.677. The number of ether oxygens (including phenoxy) is 1. The summed E-state index contributed by atoms with van der Waals surface area (Å²) in [6, 6.07) is -0.170. The highest BCUT2D eigenvalue weighted by atomic mass is 16.5. The summed E-state index contributed by atoms with van der Waals surface area (Å²) in [6.07, 6.45) is 5.09. The van der Waals surface area contributed by atoms with Crippen LogP contribution in [0.15, 0.2) is 0 Å². The second kappa shape index (κ2) is 4.72. The van der Waals surface area contributed by atoms with Crippen molar-refractivity contribution in [3.8, 4) is 0 Å². The van der Waals surface area contributed by atoms with Crippen LogP contribution in [0.25, 0.3) is 0 Å². The van der Waals surface area contributed by atoms with Crippen LogP contribution in [0.5, 0.6) is 0 Å². The number of hydrogen-bond donors (Lipinski definition) is 2. The van der Waals surface area contributed by atoms with Crippen LogP contribution in [0.2, 0.25) is 0 Å². The van der Waals surface area contributed by atoms with Crippen molar-refractivity contribution >= 4 is 5.91 Å². The van der Waals surface area contributed by atoms with Crippen LogP contribution in [0.4, 0.5) is 0 Å². The molecule has 0 aromatic heterocycles. The van der Waals surface area contributed by atoms with Gasteiger partial charge in [0, 0.05) is 12.6 Å². The van der Waals surface area contributed by atoms with E-state index in [1.807, 2.05) is 6.92 Å². The monoisotopic (exact) mass is 226 g/mol. The van der Waals surface area contributed by atoms with Crippen molar-refractivity contribution < 1.29 is 9.53 Å². The molecule has 0 bridgehead atoms. The molecular weight excluding hydrogens is 204 g/mol. The molecule has 0 spiro atoms. The molecule has 2 rings (SSSR count). The molecule has 16 heavy (non-hydrogen) atoms. The van der Waals surface area contributed by atoms with Gasteiger partial charge in [0.15, 0.2) is 0 Å². The second-order valence-electron chi connectivity index (χ2n) is 5.38. The Morgan fingerprint density at radius 3 is 2.88 bits per heavy atom. The normalized spacial score (nSPS) is 34.0. The Balaban J connectivity index is 1.69. The minimum Gasteiger partial charge on any atom is -0.379 e. The van der Waals surface area contributed by atoms with E-state index < -0.39 is 5.41 Å². The van der Waals surface area contributed by atoms with Crippen LogP contribution in [-0.2, 0) is 9.53 Å². The van der Waals surface area contributed by atoms with E-state index in [1.165, 1.54) is 19.3 Å². The molecule has 0 radical (unpaired) electrons. The van der Waals surface area contributed by atoms with Crippen LogP contribution in [0.3, 0.4) is 0 Å². The summed E-state index contributed by atoms with van der Waals surface area (Å²) >= 11 is 0. The van der Waals surface area contributed by atoms with Gasteiger partial charge in [0.25, 0.3) is 0 Å². The molecule has 4 nitrogen and oxygen atoms in total. The van der Waals surface area contributed by atoms with Gasteiger partial charge in [0.05, 0.1) is 18.6 Å². The van der Waals surface area contributed by atoms with Crippen LogP contribution in [-0.4, -0.2) is 31.7 Å². The summed E-state index contributed by atoms with van der Waals surface area (Å²) in [5, 5.41) is 2.98. The highest BCUT2D eigenvalue weighted by molar-refractivity contribution is 5.83. The fraction of sp³-hybridized carbons (Fsp3) is 0.917. The first-order valence-corrected chi connectivity index (χ1v) is 6.24. The van der Waals surface area contributed by atoms with Crippen molar-refractivity contribution in [1.82, 2.24) is 5.32 Å². The first-order valence-electron chi connectivity index (χ1n) is 6.24. The van der Waals surface area contributed by atoms with Crippen LogP contribution in [0.1, 0.15) is 32.6 Å². The van der Waals surface area contributed by atoms with E-state index in [2.05, 4.69) is 5.32 Å². The largest absolute Gasteiger partial charge is 0.379 e. The molecule has 2 aliphatic rings. The molecule has 2 unspecified atom stereocenters. The summed E-state index contributed by atoms with van der Waals surface area (Å²) in [5.74, 6) is 0.984. The SMILES string of the molecule is CC1(C(=O)NCCCC2CC2)COCC1N. The molecule has 0 aromatic rings. The number of carbonyl (C=O) groups excluding carboxylic acids is 1. The van der Waals surface area contributed by atoms with Gasteiger partial charge in [-0.1, -0.05) is 12.8 Å². The molecule has 1 aliphatic heterocycles. The summed E-state index contributed by atoms with van der Waals surface area (Å²) < 4.78 is 5.26. The molecule has 1 amide bonds. The third-order valence-corrected chi connectivity index (χ3v) is 3.81. The van der Waals surface area contributed by atoms with E-state index in [9.17, 15) is 4.79 Å². The van der Waals surface area contributed by atoms with E-state index in [1.54, 1.807) is 0 Å². The zero-order valence-corrected chi connectivity index (χ0v) is 10.00. The van der Waals surface area contributed by atoms with Gasteiger partial charge >= 0.3 is 0 Å². The molecule has 1 heterocycles. The average Bonchev–Trinajstić information content (AvgIpc) is 3.01. The number of nitrogens with one attached hydrogen (secondary N) is 1. The highest BCUT2D eigenvalue weighted by Crippen LogP contribution is 2.33. The van der Waals surface area contributed by atoms with Gasteiger partial charge in [-0.25, -0.2) is 0 Å². The molecule has 4 heteroatoms. The minimum absolute atomic E-state index is 0.0493. The van der Waals surface area contributed by atoms with Crippen molar-refractivity contribution in [2.24, 2.45) is 17.1 Å². The topological polar surface area (TPSA) is 64.3 Å². The highest BCUT2D eigenvalue weighted by Gasteiger charge is 2.44. The fourth-order valence-electron chi connectivity index (χ4n) is 2.12. The Morgan fingerprint density at radius 2 is 2.31 bits per heavy atom. The molecule has 0 aromatic carbocycles. The van der Waals surface area contributed by atoms with Crippen molar-refractivity contribution in [1.29, 1.82) is 0 Å². The average molecular weight is 226 g/mol. The zero-order chi connectivity index (χ0) is 11.6. The van der Waals surface area contributed by atoms with Crippen molar-refractivity contribution in [3.63, 3.8) is 0 Å². The Labute approximate surface area is 96.9 Å². The van der Waals surface area contributed by atoms with Gasteiger partial charge in [-0.15, -0.1) is 0 Å². The van der Waals surface area contributed by atoms with Gasteiger partial charge in [0.2, 0.25) is 5.91 Å². The number of carbonyl (C=O) groups is 1. The summed E-state index contributed by atoms with van der Waals surface area (Å²) in [7, 11) is 0. The number of hydrogen-bond acceptors (Lipinski definition) is 3. The Bertz CT molecular complexity index is 266. The Hall–Kier alpha value is -0.610. The molecule has 1 saturated heterocycles. The predicted molar refractivity (Wildman–Crippen MR) is 61.9 cm³/mol. The van der Waals surface area contributed by atoms with E-state index >= 15 is 0 Å². The maximum absolute atomic E-state index is 12.0. The van der Waals surface area contributed by atoms with Crippen molar-refractivity contribution in [2.75, 3.05) is 19.8 Å². The number of nitrogens with two attached hydrogens (primary N) is 1. The lowest BCUT2D eigenvalue weighted by molar-refractivity contribution is -0.130. The van der Waals surface area contributed by atoms with E-state index in [0.29, 0.717) is 13.2 Å². The summed E-state index contributed by atoms with van der Waals surface area (Å²) in [5.41, 5.74) is 5.36. The lowest BCUT2D eigenvalue weighted by Crippen LogP contribution is -2.50. The molecular formula is C12H22N2O2. The zero-order valence-electron chi connectivity index (χ0n) is 10.00. The molecule has 1 saturated carbocycles. The van der Waals surface area contributed by atoms with E-state index in [-0.39, 0.29) is 11.9 Å². The third kappa shape index (κ3) is 2.55. The summed E-state index contributed by atoms with van der Waals surface area (Å²) in [6.45, 7) is 3.60. The van der Waals surface area contributed by atoms with Crippen molar-refractivity contribution in [2.45, 2.75) is 38.6 Å². The first kappa shape index (κ1) is 11.9. The first-order chi connectivity index (χ1) is 7.63. The number of amides is 1. The second-order valence-corrected chi connectivity index (χ2v) is 5.38. The van der Waals surface area contributed by atoms with Gasteiger partial charge < -0.3 is 15.8 Å². The smallest absolute Gasteiger partial charge is 0.229 e. The van der Waals surface area contributed by atoms with Crippen molar-refractivity contribution in [3.05, 3.63) is 0 Å². The van der Waals surface area contributed by atoms with Crippen LogP contribution < -0.4 is 11.1 Å². The van der Waals surface area contributed by atoms with Crippen LogP contribution in [0, 0.1) is 11.3 Å². The van der Waals surface area contributed by atoms with E-state index in [4.69, 9.17) is 10.5 Å². The molecule has 1 aliphatic carbocycles. The third-order valence-electron chi connectivity index (χ3n) is 3.81. The van der Waals surface area contributed by atoms with E-state index in [0.717, 1.165) is 18.9 Å². The fourth-order valence-corrected chi connectivity index (χ4v) is 2.12. The Morgan fingerprint density at radius 1 is 1.56 bits per heavy atom. The summed E-state index contributed by atoms with van der Waals surface area (Å²) in [4.78, 5) is 12.0. The van der Waals surface area contributed by atoms with Gasteiger partial charge in [-0.05, 0) is 25.7 Å². The van der Waals surface area contributed by atoms with Gasteiger partial charge in [0.1, 0.15) is 0 Å². The van der Waals surface area contributed by atoms with Gasteiger partial charge in [-0.3, -0.25) is 4.79 Å². The van der Waals surface area contributed by atoms with Crippen LogP contribution >= 0.6 is 0 Å². The maximum atomic E-state index is 12.0. The molecule has 2 atom stereocenters. The lowest BCUT2D eigenvalue weighted by atomic mass is 9.85.